The molecule has 0 aliphatic heterocycles. The molecule has 0 heterocycles. The molecule has 0 rings (SSSR count). The van der Waals surface area contributed by atoms with Gasteiger partial charge in [-0.05, 0) is 11.7 Å². The summed E-state index contributed by atoms with van der Waals surface area (Å²) in [6, 6.07) is 0. The highest BCUT2D eigenvalue weighted by atomic mass is 32.1. The number of rotatable bonds is 0. The van der Waals surface area contributed by atoms with Crippen molar-refractivity contribution in [3.05, 3.63) is 0 Å². The molecule has 0 aromatic carbocycles. The van der Waals surface area contributed by atoms with Crippen molar-refractivity contribution in [1.29, 1.82) is 0 Å². The Bertz CT molecular complexity index is 25.0. The van der Waals surface area contributed by atoms with E-state index in [9.17, 15) is 0 Å². The van der Waals surface area contributed by atoms with Crippen LogP contribution in [0.15, 0.2) is 0 Å². The average molecular weight is 273 g/mol. The minimum Gasteiger partial charge on any atom is -0.307 e. The average Bonchev–Trinajstić information content (AvgIpc) is 2.54. The molecule has 0 aromatic heterocycles. The van der Waals surface area contributed by atoms with E-state index in [4.69, 9.17) is 9.59 Å². The second-order valence-corrected chi connectivity index (χ2v) is 0. The lowest BCUT2D eigenvalue weighted by molar-refractivity contribution is -0.0987. The number of thiocarbonyl (C=S) groups is 2. The molecule has 0 aromatic rings. The van der Waals surface area contributed by atoms with Gasteiger partial charge in [-0.2, -0.15) is 0 Å². The smallest absolute Gasteiger partial charge is 0.106 e. The maximum Gasteiger partial charge on any atom is 0.106 e. The van der Waals surface area contributed by atoms with Gasteiger partial charge < -0.3 is 9.59 Å². The van der Waals surface area contributed by atoms with E-state index < -0.39 is 0 Å². The first-order valence-electron chi connectivity index (χ1n) is 5.15. The molecule has 0 saturated carbocycles. The van der Waals surface area contributed by atoms with Crippen molar-refractivity contribution >= 4 is 49.8 Å². The summed E-state index contributed by atoms with van der Waals surface area (Å²) >= 11 is 7.67. The first-order chi connectivity index (χ1) is 8.00. The van der Waals surface area contributed by atoms with Gasteiger partial charge in [-0.1, -0.05) is 79.8 Å². The van der Waals surface area contributed by atoms with E-state index in [-0.39, 0.29) is 0 Å². The Balaban J connectivity index is -0.00000000762. The molecule has 4 heteroatoms. The van der Waals surface area contributed by atoms with Gasteiger partial charge >= 0.3 is 0 Å². The lowest BCUT2D eigenvalue weighted by Crippen LogP contribution is -0.925. The summed E-state index contributed by atoms with van der Waals surface area (Å²) in [5, 5.41) is 0. The number of hydrogen-bond acceptors (Lipinski definition) is 4. The molecule has 2 nitrogen and oxygen atoms in total. The molecular formula is C12H32O2S2. The van der Waals surface area contributed by atoms with Crippen molar-refractivity contribution in [2.45, 2.75) is 55.4 Å². The molecule has 0 atom stereocenters. The van der Waals surface area contributed by atoms with Crippen LogP contribution in [0.1, 0.15) is 55.4 Å². The topological polar surface area (TPSA) is 34.1 Å². The SMILES string of the molecule is C=O.C=O.C=S.C=S.CC.CC.CC.CC. The Kier molecular flexibility index (Phi) is 41700. The van der Waals surface area contributed by atoms with Crippen LogP contribution in [0.25, 0.3) is 0 Å². The Morgan fingerprint density at radius 1 is 0.438 bits per heavy atom. The Hall–Kier alpha value is -0.480. The normalized spacial score (nSPS) is 2.50. The van der Waals surface area contributed by atoms with Gasteiger partial charge in [-0.15, -0.1) is 0 Å². The fourth-order valence-corrected chi connectivity index (χ4v) is 0. The van der Waals surface area contributed by atoms with Crippen LogP contribution in [-0.2, 0) is 9.59 Å². The fourth-order valence-electron chi connectivity index (χ4n) is 0. The summed E-state index contributed by atoms with van der Waals surface area (Å²) in [4.78, 5) is 16.0. The zero-order valence-electron chi connectivity index (χ0n) is 12.5. The van der Waals surface area contributed by atoms with Gasteiger partial charge in [0.1, 0.15) is 13.6 Å². The predicted molar refractivity (Wildman–Crippen MR) is 89.1 cm³/mol. The highest BCUT2D eigenvalue weighted by Gasteiger charge is 0.938. The second-order valence-electron chi connectivity index (χ2n) is 0. The number of carbonyl (C=O) groups is 2. The number of hydrogen-bond donors (Lipinski definition) is 0. The minimum atomic E-state index is 2.00. The summed E-state index contributed by atoms with van der Waals surface area (Å²) in [6.45, 7) is 20.0. The van der Waals surface area contributed by atoms with Crippen molar-refractivity contribution in [1.82, 2.24) is 0 Å². The summed E-state index contributed by atoms with van der Waals surface area (Å²) in [5.41, 5.74) is 0. The van der Waals surface area contributed by atoms with Gasteiger partial charge in [0, 0.05) is 0 Å². The molecule has 0 saturated heterocycles. The predicted octanol–water partition coefficient (Wildman–Crippen LogP) is 4.97. The molecule has 0 radical (unpaired) electrons. The van der Waals surface area contributed by atoms with Crippen molar-refractivity contribution < 1.29 is 9.59 Å². The Labute approximate surface area is 115 Å². The number of carbonyl (C=O) groups excluding carboxylic acids is 2. The first kappa shape index (κ1) is 57.9. The monoisotopic (exact) mass is 272 g/mol. The van der Waals surface area contributed by atoms with E-state index in [1.54, 1.807) is 0 Å². The molecule has 0 bridgehead atoms. The van der Waals surface area contributed by atoms with Crippen LogP contribution < -0.4 is 0 Å². The third-order valence-corrected chi connectivity index (χ3v) is 0. The molecule has 16 heavy (non-hydrogen) atoms. The van der Waals surface area contributed by atoms with Crippen molar-refractivity contribution in [3.8, 4) is 0 Å². The summed E-state index contributed by atoms with van der Waals surface area (Å²) in [7, 11) is 0. The van der Waals surface area contributed by atoms with E-state index in [0.717, 1.165) is 0 Å². The Morgan fingerprint density at radius 3 is 0.438 bits per heavy atom. The molecular weight excluding hydrogens is 240 g/mol. The van der Waals surface area contributed by atoms with Crippen LogP contribution in [0.5, 0.6) is 0 Å². The van der Waals surface area contributed by atoms with Crippen LogP contribution in [0, 0.1) is 0 Å². The molecule has 0 aliphatic carbocycles. The standard InChI is InChI=1S/4C2H6.2CH2O.2CH2S/c8*1-2/h4*1-2H3;4*1H2. The van der Waals surface area contributed by atoms with E-state index in [2.05, 4.69) is 36.2 Å². The lowest BCUT2D eigenvalue weighted by atomic mass is 11.0. The van der Waals surface area contributed by atoms with Crippen molar-refractivity contribution in [2.75, 3.05) is 0 Å². The molecule has 0 N–H and O–H groups in total. The van der Waals surface area contributed by atoms with E-state index >= 15 is 0 Å². The van der Waals surface area contributed by atoms with Crippen LogP contribution >= 0.6 is 24.4 Å². The zero-order valence-corrected chi connectivity index (χ0v) is 14.1. The quantitative estimate of drug-likeness (QED) is 0.583. The Morgan fingerprint density at radius 2 is 0.438 bits per heavy atom. The highest BCUT2D eigenvalue weighted by molar-refractivity contribution is 7.77. The third kappa shape index (κ3) is 9200. The van der Waals surface area contributed by atoms with Gasteiger partial charge in [0.25, 0.3) is 0 Å². The maximum absolute atomic E-state index is 8.00. The van der Waals surface area contributed by atoms with Crippen LogP contribution in [0.4, 0.5) is 0 Å². The lowest BCUT2D eigenvalue weighted by Gasteiger charge is -1.07. The van der Waals surface area contributed by atoms with Gasteiger partial charge in [0.05, 0.1) is 0 Å². The molecule has 0 unspecified atom stereocenters. The summed E-state index contributed by atoms with van der Waals surface area (Å²) in [6.07, 6.45) is 0. The first-order valence-corrected chi connectivity index (χ1v) is 6.31. The van der Waals surface area contributed by atoms with Crippen molar-refractivity contribution in [3.63, 3.8) is 0 Å². The molecule has 0 amide bonds. The summed E-state index contributed by atoms with van der Waals surface area (Å²) in [5.74, 6) is 5.67. The largest absolute Gasteiger partial charge is 0.307 e. The molecule has 104 valence electrons. The van der Waals surface area contributed by atoms with E-state index in [1.807, 2.05) is 69.0 Å². The third-order valence-electron chi connectivity index (χ3n) is 0. The molecule has 0 spiro atoms. The summed E-state index contributed by atoms with van der Waals surface area (Å²) < 4.78 is 0. The van der Waals surface area contributed by atoms with Gasteiger partial charge in [0.2, 0.25) is 0 Å². The van der Waals surface area contributed by atoms with Crippen LogP contribution in [0.3, 0.4) is 0 Å². The second kappa shape index (κ2) is 11500. The van der Waals surface area contributed by atoms with Crippen LogP contribution in [-0.4, -0.2) is 25.3 Å². The van der Waals surface area contributed by atoms with Gasteiger partial charge in [-0.3, -0.25) is 0 Å². The van der Waals surface area contributed by atoms with E-state index in [1.165, 1.54) is 0 Å². The fraction of sp³-hybridized carbons (Fsp3) is 0.667. The highest BCUT2D eigenvalue weighted by Crippen LogP contribution is 1.15. The zero-order chi connectivity index (χ0) is 16.0. The maximum atomic E-state index is 8.00. The minimum absolute atomic E-state index is 2.00. The van der Waals surface area contributed by atoms with Crippen molar-refractivity contribution in [2.24, 2.45) is 0 Å². The van der Waals surface area contributed by atoms with E-state index in [0.29, 0.717) is 0 Å². The van der Waals surface area contributed by atoms with Crippen LogP contribution in [0.2, 0.25) is 0 Å². The molecule has 0 aliphatic rings. The van der Waals surface area contributed by atoms with Gasteiger partial charge in [0.15, 0.2) is 0 Å². The van der Waals surface area contributed by atoms with Gasteiger partial charge in [-0.25, -0.2) is 0 Å². The molecule has 0 fully saturated rings.